The van der Waals surface area contributed by atoms with E-state index in [4.69, 9.17) is 4.74 Å². The molecule has 0 aliphatic rings. The van der Waals surface area contributed by atoms with Crippen molar-refractivity contribution in [1.82, 2.24) is 15.0 Å². The fraction of sp³-hybridized carbons (Fsp3) is 0.267. The third-order valence-electron chi connectivity index (χ3n) is 6.13. The van der Waals surface area contributed by atoms with E-state index in [0.717, 1.165) is 40.8 Å². The number of carboxylic acid groups (broad SMARTS) is 1. The van der Waals surface area contributed by atoms with Gasteiger partial charge in [-0.25, -0.2) is 14.8 Å². The summed E-state index contributed by atoms with van der Waals surface area (Å²) < 4.78 is 5.62. The smallest absolute Gasteiger partial charge is 0.347 e. The molecule has 0 fully saturated rings. The van der Waals surface area contributed by atoms with Crippen LogP contribution in [0, 0.1) is 0 Å². The van der Waals surface area contributed by atoms with Crippen LogP contribution in [0.15, 0.2) is 85.3 Å². The van der Waals surface area contributed by atoms with Crippen molar-refractivity contribution in [3.8, 4) is 17.0 Å². The summed E-state index contributed by atoms with van der Waals surface area (Å²) in [6.07, 6.45) is 7.31. The number of aryl methyl sites for hydroxylation is 1. The molecule has 0 saturated heterocycles. The van der Waals surface area contributed by atoms with E-state index in [-0.39, 0.29) is 0 Å². The van der Waals surface area contributed by atoms with Crippen LogP contribution in [0.3, 0.4) is 0 Å². The second-order valence-corrected chi connectivity index (χ2v) is 9.40. The van der Waals surface area contributed by atoms with Crippen molar-refractivity contribution < 1.29 is 14.6 Å². The number of anilines is 1. The lowest BCUT2D eigenvalue weighted by atomic mass is 10.1. The van der Waals surface area contributed by atoms with E-state index >= 15 is 0 Å². The predicted octanol–water partition coefficient (Wildman–Crippen LogP) is 5.59. The minimum absolute atomic E-state index is 0.524. The van der Waals surface area contributed by atoms with E-state index in [9.17, 15) is 9.90 Å². The third kappa shape index (κ3) is 6.91. The standard InChI is InChI=1S/C30H32N4O3/c1-4-22-18-32-29(33-19-22)34(21-24-12-15-27(31-20-24)25-8-6-5-7-9-25)17-16-23-10-13-26(14-11-23)37-30(2,3)28(35)36/h5-15,18-20H,4,16-17,21H2,1-3H3,(H,35,36). The summed E-state index contributed by atoms with van der Waals surface area (Å²) in [5, 5.41) is 9.29. The number of hydrogen-bond donors (Lipinski definition) is 1. The van der Waals surface area contributed by atoms with Crippen molar-refractivity contribution in [1.29, 1.82) is 0 Å². The van der Waals surface area contributed by atoms with E-state index in [2.05, 4.69) is 45.0 Å². The Morgan fingerprint density at radius 1 is 0.865 bits per heavy atom. The summed E-state index contributed by atoms with van der Waals surface area (Å²) in [6.45, 7) is 6.48. The molecular weight excluding hydrogens is 464 g/mol. The maximum absolute atomic E-state index is 11.3. The van der Waals surface area contributed by atoms with Gasteiger partial charge < -0.3 is 14.7 Å². The van der Waals surface area contributed by atoms with Gasteiger partial charge in [0.15, 0.2) is 5.60 Å². The maximum Gasteiger partial charge on any atom is 0.347 e. The molecule has 2 heterocycles. The van der Waals surface area contributed by atoms with Crippen molar-refractivity contribution in [2.45, 2.75) is 45.8 Å². The molecule has 0 amide bonds. The Balaban J connectivity index is 1.47. The molecule has 0 aliphatic heterocycles. The van der Waals surface area contributed by atoms with E-state index in [1.54, 1.807) is 0 Å². The molecule has 4 rings (SSSR count). The number of rotatable bonds is 11. The zero-order valence-corrected chi connectivity index (χ0v) is 21.5. The van der Waals surface area contributed by atoms with E-state index in [1.807, 2.05) is 67.1 Å². The van der Waals surface area contributed by atoms with Gasteiger partial charge in [0.1, 0.15) is 5.75 Å². The fourth-order valence-corrected chi connectivity index (χ4v) is 3.79. The fourth-order valence-electron chi connectivity index (χ4n) is 3.79. The van der Waals surface area contributed by atoms with Gasteiger partial charge >= 0.3 is 5.97 Å². The highest BCUT2D eigenvalue weighted by atomic mass is 16.5. The number of carbonyl (C=O) groups is 1. The normalized spacial score (nSPS) is 11.2. The molecule has 0 aliphatic carbocycles. The van der Waals surface area contributed by atoms with E-state index in [1.165, 1.54) is 13.8 Å². The minimum atomic E-state index is -1.29. The molecule has 0 unspecified atom stereocenters. The first-order valence-corrected chi connectivity index (χ1v) is 12.4. The SMILES string of the molecule is CCc1cnc(N(CCc2ccc(OC(C)(C)C(=O)O)cc2)Cc2ccc(-c3ccccc3)nc2)nc1. The Hall–Kier alpha value is -4.26. The molecule has 7 nitrogen and oxygen atoms in total. The molecule has 2 aromatic carbocycles. The number of pyridine rings is 1. The summed E-state index contributed by atoms with van der Waals surface area (Å²) >= 11 is 0. The molecule has 0 spiro atoms. The van der Waals surface area contributed by atoms with Crippen LogP contribution in [0.4, 0.5) is 5.95 Å². The van der Waals surface area contributed by atoms with Crippen LogP contribution in [-0.4, -0.2) is 38.2 Å². The third-order valence-corrected chi connectivity index (χ3v) is 6.13. The summed E-state index contributed by atoms with van der Waals surface area (Å²) in [6, 6.07) is 21.8. The Morgan fingerprint density at radius 2 is 1.51 bits per heavy atom. The quantitative estimate of drug-likeness (QED) is 0.289. The zero-order valence-electron chi connectivity index (χ0n) is 21.5. The molecule has 0 bridgehead atoms. The summed E-state index contributed by atoms with van der Waals surface area (Å²) in [5.74, 6) is 0.191. The number of carboxylic acids is 1. The van der Waals surface area contributed by atoms with Gasteiger partial charge in [0.05, 0.1) is 5.69 Å². The van der Waals surface area contributed by atoms with E-state index < -0.39 is 11.6 Å². The van der Waals surface area contributed by atoms with Crippen molar-refractivity contribution in [3.05, 3.63) is 102 Å². The number of aromatic nitrogens is 3. The second-order valence-electron chi connectivity index (χ2n) is 9.40. The van der Waals surface area contributed by atoms with Gasteiger partial charge in [0.25, 0.3) is 0 Å². The molecule has 0 radical (unpaired) electrons. The van der Waals surface area contributed by atoms with Crippen LogP contribution in [-0.2, 0) is 24.2 Å². The molecule has 0 saturated carbocycles. The largest absolute Gasteiger partial charge is 0.478 e. The number of aliphatic carboxylic acids is 1. The Labute approximate surface area is 217 Å². The highest BCUT2D eigenvalue weighted by Gasteiger charge is 2.29. The average Bonchev–Trinajstić information content (AvgIpc) is 2.92. The first-order valence-electron chi connectivity index (χ1n) is 12.4. The molecule has 1 N–H and O–H groups in total. The van der Waals surface area contributed by atoms with Gasteiger partial charge in [0.2, 0.25) is 5.95 Å². The van der Waals surface area contributed by atoms with Gasteiger partial charge in [-0.2, -0.15) is 0 Å². The molecular formula is C30H32N4O3. The number of benzene rings is 2. The molecule has 7 heteroatoms. The topological polar surface area (TPSA) is 88.4 Å². The van der Waals surface area contributed by atoms with Crippen LogP contribution in [0.2, 0.25) is 0 Å². The van der Waals surface area contributed by atoms with Gasteiger partial charge in [0, 0.05) is 37.2 Å². The molecule has 0 atom stereocenters. The lowest BCUT2D eigenvalue weighted by Crippen LogP contribution is -2.37. The first-order chi connectivity index (χ1) is 17.8. The van der Waals surface area contributed by atoms with Crippen molar-refractivity contribution in [2.75, 3.05) is 11.4 Å². The Bertz CT molecular complexity index is 1290. The van der Waals surface area contributed by atoms with Gasteiger partial charge in [-0.15, -0.1) is 0 Å². The van der Waals surface area contributed by atoms with Gasteiger partial charge in [-0.05, 0) is 61.6 Å². The van der Waals surface area contributed by atoms with Crippen LogP contribution >= 0.6 is 0 Å². The van der Waals surface area contributed by atoms with Crippen LogP contribution in [0.25, 0.3) is 11.3 Å². The number of nitrogens with zero attached hydrogens (tertiary/aromatic N) is 4. The molecule has 190 valence electrons. The second kappa shape index (κ2) is 11.6. The Morgan fingerprint density at radius 3 is 2.11 bits per heavy atom. The molecule has 37 heavy (non-hydrogen) atoms. The highest BCUT2D eigenvalue weighted by Crippen LogP contribution is 2.21. The lowest BCUT2D eigenvalue weighted by molar-refractivity contribution is -0.152. The summed E-state index contributed by atoms with van der Waals surface area (Å²) in [5.41, 5.74) is 4.01. The van der Waals surface area contributed by atoms with Gasteiger partial charge in [-0.1, -0.05) is 55.5 Å². The highest BCUT2D eigenvalue weighted by molar-refractivity contribution is 5.76. The average molecular weight is 497 g/mol. The minimum Gasteiger partial charge on any atom is -0.478 e. The van der Waals surface area contributed by atoms with Gasteiger partial charge in [-0.3, -0.25) is 4.98 Å². The van der Waals surface area contributed by atoms with Crippen molar-refractivity contribution in [2.24, 2.45) is 0 Å². The predicted molar refractivity (Wildman–Crippen MR) is 145 cm³/mol. The number of hydrogen-bond acceptors (Lipinski definition) is 6. The molecule has 4 aromatic rings. The summed E-state index contributed by atoms with van der Waals surface area (Å²) in [4.78, 5) is 27.4. The van der Waals surface area contributed by atoms with Crippen molar-refractivity contribution in [3.63, 3.8) is 0 Å². The monoisotopic (exact) mass is 496 g/mol. The molecule has 2 aromatic heterocycles. The van der Waals surface area contributed by atoms with Crippen LogP contribution in [0.1, 0.15) is 37.5 Å². The summed E-state index contributed by atoms with van der Waals surface area (Å²) in [7, 11) is 0. The van der Waals surface area contributed by atoms with Crippen LogP contribution < -0.4 is 9.64 Å². The Kier molecular flexibility index (Phi) is 8.13. The lowest BCUT2D eigenvalue weighted by Gasteiger charge is -2.23. The first kappa shape index (κ1) is 25.8. The maximum atomic E-state index is 11.3. The van der Waals surface area contributed by atoms with Crippen LogP contribution in [0.5, 0.6) is 5.75 Å². The van der Waals surface area contributed by atoms with E-state index in [0.29, 0.717) is 24.8 Å². The zero-order chi connectivity index (χ0) is 26.3. The van der Waals surface area contributed by atoms with Crippen molar-refractivity contribution >= 4 is 11.9 Å². The number of ether oxygens (including phenoxy) is 1.